The second-order valence-electron chi connectivity index (χ2n) is 3.27. The van der Waals surface area contributed by atoms with Crippen LogP contribution in [-0.2, 0) is 10.8 Å². The molecule has 4 nitrogen and oxygen atoms in total. The Bertz CT molecular complexity index is 366. The third kappa shape index (κ3) is 3.21. The van der Waals surface area contributed by atoms with Gasteiger partial charge in [0.2, 0.25) is 0 Å². The third-order valence-electron chi connectivity index (χ3n) is 1.83. The van der Waals surface area contributed by atoms with Crippen LogP contribution in [0.1, 0.15) is 6.92 Å². The van der Waals surface area contributed by atoms with Crippen molar-refractivity contribution < 1.29 is 14.1 Å². The molecule has 2 unspecified atom stereocenters. The molecular formula is C10H15NO3S. The Kier molecular flexibility index (Phi) is 4.11. The number of methoxy groups -OCH3 is 1. The Labute approximate surface area is 91.5 Å². The van der Waals surface area contributed by atoms with Crippen molar-refractivity contribution in [3.05, 3.63) is 18.2 Å². The zero-order valence-electron chi connectivity index (χ0n) is 8.77. The van der Waals surface area contributed by atoms with E-state index in [1.807, 2.05) is 0 Å². The molecule has 1 aromatic carbocycles. The van der Waals surface area contributed by atoms with Crippen molar-refractivity contribution in [1.29, 1.82) is 0 Å². The van der Waals surface area contributed by atoms with E-state index in [1.54, 1.807) is 25.1 Å². The normalized spacial score (nSPS) is 14.6. The van der Waals surface area contributed by atoms with E-state index in [-0.39, 0.29) is 5.75 Å². The topological polar surface area (TPSA) is 72.5 Å². The number of hydrogen-bond acceptors (Lipinski definition) is 4. The first kappa shape index (κ1) is 12.0. The molecule has 0 saturated carbocycles. The second-order valence-corrected chi connectivity index (χ2v) is 4.74. The van der Waals surface area contributed by atoms with Crippen molar-refractivity contribution in [2.24, 2.45) is 0 Å². The molecule has 84 valence electrons. The fourth-order valence-corrected chi connectivity index (χ4v) is 2.39. The monoisotopic (exact) mass is 229 g/mol. The van der Waals surface area contributed by atoms with Gasteiger partial charge < -0.3 is 15.6 Å². The van der Waals surface area contributed by atoms with Gasteiger partial charge in [-0.1, -0.05) is 0 Å². The molecule has 1 aromatic rings. The molecule has 15 heavy (non-hydrogen) atoms. The number of aliphatic hydroxyl groups is 1. The van der Waals surface area contributed by atoms with Gasteiger partial charge in [0, 0.05) is 11.8 Å². The zero-order chi connectivity index (χ0) is 11.4. The van der Waals surface area contributed by atoms with Gasteiger partial charge in [0.15, 0.2) is 0 Å². The molecule has 0 fully saturated rings. The molecule has 0 aliphatic heterocycles. The van der Waals surface area contributed by atoms with Gasteiger partial charge in [-0.2, -0.15) is 0 Å². The van der Waals surface area contributed by atoms with E-state index in [2.05, 4.69) is 0 Å². The second kappa shape index (κ2) is 5.14. The number of benzene rings is 1. The van der Waals surface area contributed by atoms with Crippen LogP contribution in [-0.4, -0.2) is 28.3 Å². The first-order chi connectivity index (χ1) is 7.04. The Hall–Kier alpha value is -1.07. The van der Waals surface area contributed by atoms with Gasteiger partial charge in [0.05, 0.1) is 34.7 Å². The standard InChI is InChI=1S/C10H15NO3S/c1-7(12)6-15(13)10-4-3-8(11)5-9(10)14-2/h3-5,7,12H,6,11H2,1-2H3. The predicted molar refractivity (Wildman–Crippen MR) is 60.4 cm³/mol. The van der Waals surface area contributed by atoms with Gasteiger partial charge >= 0.3 is 0 Å². The Morgan fingerprint density at radius 1 is 1.60 bits per heavy atom. The van der Waals surface area contributed by atoms with Crippen LogP contribution in [0.4, 0.5) is 5.69 Å². The van der Waals surface area contributed by atoms with Gasteiger partial charge in [0.1, 0.15) is 5.75 Å². The quantitative estimate of drug-likeness (QED) is 0.748. The van der Waals surface area contributed by atoms with Gasteiger partial charge in [-0.25, -0.2) is 0 Å². The van der Waals surface area contributed by atoms with Crippen LogP contribution in [0.5, 0.6) is 5.75 Å². The largest absolute Gasteiger partial charge is 0.495 e. The minimum absolute atomic E-state index is 0.195. The highest BCUT2D eigenvalue weighted by Crippen LogP contribution is 2.25. The van der Waals surface area contributed by atoms with E-state index in [9.17, 15) is 4.21 Å². The lowest BCUT2D eigenvalue weighted by atomic mass is 10.3. The summed E-state index contributed by atoms with van der Waals surface area (Å²) in [7, 11) is 0.234. The molecule has 0 saturated heterocycles. The van der Waals surface area contributed by atoms with E-state index in [0.29, 0.717) is 16.3 Å². The highest BCUT2D eigenvalue weighted by atomic mass is 32.2. The van der Waals surface area contributed by atoms with Crippen LogP contribution in [0.15, 0.2) is 23.1 Å². The summed E-state index contributed by atoms with van der Waals surface area (Å²) >= 11 is 0. The van der Waals surface area contributed by atoms with Crippen molar-refractivity contribution in [3.63, 3.8) is 0 Å². The van der Waals surface area contributed by atoms with E-state index < -0.39 is 16.9 Å². The molecule has 3 N–H and O–H groups in total. The molecule has 0 amide bonds. The van der Waals surface area contributed by atoms with Crippen LogP contribution in [0.3, 0.4) is 0 Å². The lowest BCUT2D eigenvalue weighted by Crippen LogP contribution is -2.13. The van der Waals surface area contributed by atoms with Crippen LogP contribution in [0.25, 0.3) is 0 Å². The summed E-state index contributed by atoms with van der Waals surface area (Å²) in [5.41, 5.74) is 6.14. The van der Waals surface area contributed by atoms with E-state index in [1.165, 1.54) is 7.11 Å². The van der Waals surface area contributed by atoms with Gasteiger partial charge in [-0.3, -0.25) is 4.21 Å². The lowest BCUT2D eigenvalue weighted by Gasteiger charge is -2.09. The van der Waals surface area contributed by atoms with Crippen molar-refractivity contribution in [1.82, 2.24) is 0 Å². The van der Waals surface area contributed by atoms with Crippen LogP contribution in [0.2, 0.25) is 0 Å². The first-order valence-electron chi connectivity index (χ1n) is 4.54. The summed E-state index contributed by atoms with van der Waals surface area (Å²) in [4.78, 5) is 0.563. The number of nitrogens with two attached hydrogens (primary N) is 1. The van der Waals surface area contributed by atoms with Crippen molar-refractivity contribution in [2.75, 3.05) is 18.6 Å². The molecule has 2 atom stereocenters. The van der Waals surface area contributed by atoms with Gasteiger partial charge in [-0.05, 0) is 19.1 Å². The van der Waals surface area contributed by atoms with Crippen LogP contribution >= 0.6 is 0 Å². The maximum Gasteiger partial charge on any atom is 0.137 e. The fourth-order valence-electron chi connectivity index (χ4n) is 1.18. The highest BCUT2D eigenvalue weighted by molar-refractivity contribution is 7.85. The van der Waals surface area contributed by atoms with Crippen molar-refractivity contribution in [3.8, 4) is 5.75 Å². The molecule has 0 radical (unpaired) electrons. The third-order valence-corrected chi connectivity index (χ3v) is 3.44. The maximum atomic E-state index is 11.8. The number of aliphatic hydroxyl groups excluding tert-OH is 1. The van der Waals surface area contributed by atoms with Gasteiger partial charge in [0.25, 0.3) is 0 Å². The number of ether oxygens (including phenoxy) is 1. The average molecular weight is 229 g/mol. The lowest BCUT2D eigenvalue weighted by molar-refractivity contribution is 0.219. The predicted octanol–water partition coefficient (Wildman–Crippen LogP) is 0.766. The number of hydrogen-bond donors (Lipinski definition) is 2. The molecule has 1 rings (SSSR count). The zero-order valence-corrected chi connectivity index (χ0v) is 9.58. The SMILES string of the molecule is COc1cc(N)ccc1S(=O)CC(C)O. The number of rotatable bonds is 4. The van der Waals surface area contributed by atoms with Crippen molar-refractivity contribution in [2.45, 2.75) is 17.9 Å². The number of anilines is 1. The minimum Gasteiger partial charge on any atom is -0.495 e. The number of nitrogen functional groups attached to an aromatic ring is 1. The summed E-state index contributed by atoms with van der Waals surface area (Å²) in [6.07, 6.45) is -0.604. The van der Waals surface area contributed by atoms with Crippen LogP contribution in [0, 0.1) is 0 Å². The highest BCUT2D eigenvalue weighted by Gasteiger charge is 2.12. The summed E-state index contributed by atoms with van der Waals surface area (Å²) in [5.74, 6) is 0.689. The molecule has 0 heterocycles. The Balaban J connectivity index is 2.97. The Morgan fingerprint density at radius 3 is 2.80 bits per heavy atom. The van der Waals surface area contributed by atoms with Crippen LogP contribution < -0.4 is 10.5 Å². The van der Waals surface area contributed by atoms with Crippen molar-refractivity contribution >= 4 is 16.5 Å². The summed E-state index contributed by atoms with van der Waals surface area (Å²) in [6.45, 7) is 1.60. The minimum atomic E-state index is -1.26. The molecule has 0 bridgehead atoms. The molecule has 0 aliphatic carbocycles. The Morgan fingerprint density at radius 2 is 2.27 bits per heavy atom. The average Bonchev–Trinajstić information content (AvgIpc) is 2.16. The summed E-state index contributed by atoms with van der Waals surface area (Å²) in [5, 5.41) is 9.14. The smallest absolute Gasteiger partial charge is 0.137 e. The van der Waals surface area contributed by atoms with E-state index in [0.717, 1.165) is 0 Å². The van der Waals surface area contributed by atoms with E-state index in [4.69, 9.17) is 15.6 Å². The molecule has 5 heteroatoms. The maximum absolute atomic E-state index is 11.8. The molecule has 0 aromatic heterocycles. The van der Waals surface area contributed by atoms with E-state index >= 15 is 0 Å². The summed E-state index contributed by atoms with van der Waals surface area (Å²) in [6, 6.07) is 4.94. The fraction of sp³-hybridized carbons (Fsp3) is 0.400. The molecular weight excluding hydrogens is 214 g/mol. The summed E-state index contributed by atoms with van der Waals surface area (Å²) < 4.78 is 16.9. The van der Waals surface area contributed by atoms with Gasteiger partial charge in [-0.15, -0.1) is 0 Å². The molecule has 0 aliphatic rings. The first-order valence-corrected chi connectivity index (χ1v) is 5.86. The molecule has 0 spiro atoms.